The van der Waals surface area contributed by atoms with Gasteiger partial charge in [-0.3, -0.25) is 4.79 Å². The summed E-state index contributed by atoms with van der Waals surface area (Å²) in [5, 5.41) is 0. The monoisotopic (exact) mass is 278 g/mol. The van der Waals surface area contributed by atoms with Gasteiger partial charge in [0.15, 0.2) is 5.82 Å². The summed E-state index contributed by atoms with van der Waals surface area (Å²) < 4.78 is 1.72. The van der Waals surface area contributed by atoms with Crippen molar-refractivity contribution in [1.82, 2.24) is 9.55 Å². The van der Waals surface area contributed by atoms with Gasteiger partial charge in [0.2, 0.25) is 0 Å². The molecule has 5 nitrogen and oxygen atoms in total. The van der Waals surface area contributed by atoms with E-state index >= 15 is 0 Å². The Hall–Kier alpha value is -1.36. The standard InChI is InChI=1S/C15H26N4O/c1-2-18-12-10-17-14(15(18)20)19(11-6-9-16)13-7-4-3-5-8-13/h10,12-13H,2-9,11,16H2,1H3. The molecule has 1 aliphatic rings. The Bertz CT molecular complexity index is 465. The largest absolute Gasteiger partial charge is 0.349 e. The molecule has 0 unspecified atom stereocenters. The van der Waals surface area contributed by atoms with Crippen LogP contribution in [0, 0.1) is 0 Å². The van der Waals surface area contributed by atoms with Crippen LogP contribution in [0.5, 0.6) is 0 Å². The third kappa shape index (κ3) is 3.39. The van der Waals surface area contributed by atoms with Gasteiger partial charge in [-0.1, -0.05) is 19.3 Å². The van der Waals surface area contributed by atoms with E-state index in [2.05, 4.69) is 9.88 Å². The lowest BCUT2D eigenvalue weighted by molar-refractivity contribution is 0.409. The van der Waals surface area contributed by atoms with Gasteiger partial charge in [-0.15, -0.1) is 0 Å². The van der Waals surface area contributed by atoms with Crippen LogP contribution in [0.25, 0.3) is 0 Å². The Balaban J connectivity index is 2.27. The highest BCUT2D eigenvalue weighted by molar-refractivity contribution is 5.37. The smallest absolute Gasteiger partial charge is 0.293 e. The number of hydrogen-bond donors (Lipinski definition) is 1. The average Bonchev–Trinajstić information content (AvgIpc) is 2.50. The van der Waals surface area contributed by atoms with E-state index in [1.54, 1.807) is 17.0 Å². The number of rotatable bonds is 6. The van der Waals surface area contributed by atoms with Crippen molar-refractivity contribution in [2.75, 3.05) is 18.0 Å². The summed E-state index contributed by atoms with van der Waals surface area (Å²) in [7, 11) is 0. The highest BCUT2D eigenvalue weighted by Gasteiger charge is 2.24. The molecule has 1 aromatic heterocycles. The van der Waals surface area contributed by atoms with Crippen molar-refractivity contribution < 1.29 is 0 Å². The second-order valence-electron chi connectivity index (χ2n) is 5.47. The van der Waals surface area contributed by atoms with Crippen molar-refractivity contribution in [2.24, 2.45) is 5.73 Å². The fourth-order valence-electron chi connectivity index (χ4n) is 3.00. The minimum Gasteiger partial charge on any atom is -0.349 e. The van der Waals surface area contributed by atoms with Crippen molar-refractivity contribution in [3.05, 3.63) is 22.7 Å². The van der Waals surface area contributed by atoms with Crippen molar-refractivity contribution in [3.8, 4) is 0 Å². The average molecular weight is 278 g/mol. The van der Waals surface area contributed by atoms with Gasteiger partial charge in [0.1, 0.15) is 0 Å². The molecule has 20 heavy (non-hydrogen) atoms. The fraction of sp³-hybridized carbons (Fsp3) is 0.733. The van der Waals surface area contributed by atoms with E-state index in [9.17, 15) is 4.79 Å². The molecule has 5 heteroatoms. The zero-order valence-corrected chi connectivity index (χ0v) is 12.4. The lowest BCUT2D eigenvalue weighted by Crippen LogP contribution is -2.42. The van der Waals surface area contributed by atoms with Crippen molar-refractivity contribution >= 4 is 5.82 Å². The zero-order valence-electron chi connectivity index (χ0n) is 12.4. The molecule has 0 aliphatic heterocycles. The summed E-state index contributed by atoms with van der Waals surface area (Å²) in [4.78, 5) is 19.1. The highest BCUT2D eigenvalue weighted by Crippen LogP contribution is 2.24. The van der Waals surface area contributed by atoms with E-state index in [0.29, 0.717) is 24.9 Å². The van der Waals surface area contributed by atoms with Gasteiger partial charge in [-0.2, -0.15) is 0 Å². The van der Waals surface area contributed by atoms with Gasteiger partial charge in [0.05, 0.1) is 0 Å². The molecule has 0 bridgehead atoms. The lowest BCUT2D eigenvalue weighted by atomic mass is 9.94. The zero-order chi connectivity index (χ0) is 14.4. The maximum atomic E-state index is 12.5. The quantitative estimate of drug-likeness (QED) is 0.861. The number of aromatic nitrogens is 2. The van der Waals surface area contributed by atoms with Crippen LogP contribution >= 0.6 is 0 Å². The summed E-state index contributed by atoms with van der Waals surface area (Å²) in [6, 6.07) is 0.447. The van der Waals surface area contributed by atoms with E-state index in [1.807, 2.05) is 6.92 Å². The third-order valence-corrected chi connectivity index (χ3v) is 4.13. The van der Waals surface area contributed by atoms with Crippen molar-refractivity contribution in [2.45, 2.75) is 58.0 Å². The molecule has 112 valence electrons. The van der Waals surface area contributed by atoms with Gasteiger partial charge in [-0.25, -0.2) is 4.98 Å². The minimum atomic E-state index is 0.0256. The van der Waals surface area contributed by atoms with Gasteiger partial charge < -0.3 is 15.2 Å². The molecule has 0 aromatic carbocycles. The van der Waals surface area contributed by atoms with Gasteiger partial charge in [0, 0.05) is 31.5 Å². The van der Waals surface area contributed by atoms with Crippen LogP contribution in [0.1, 0.15) is 45.4 Å². The predicted molar refractivity (Wildman–Crippen MR) is 82.1 cm³/mol. The molecule has 1 saturated carbocycles. The molecule has 0 spiro atoms. The molecule has 2 rings (SSSR count). The second-order valence-corrected chi connectivity index (χ2v) is 5.47. The maximum absolute atomic E-state index is 12.5. The predicted octanol–water partition coefficient (Wildman–Crippen LogP) is 1.75. The number of nitrogens with two attached hydrogens (primary N) is 1. The SMILES string of the molecule is CCn1ccnc(N(CCCN)C2CCCCC2)c1=O. The van der Waals surface area contributed by atoms with Crippen LogP contribution < -0.4 is 16.2 Å². The molecule has 2 N–H and O–H groups in total. The molecule has 0 atom stereocenters. The molecular weight excluding hydrogens is 252 g/mol. The number of nitrogens with zero attached hydrogens (tertiary/aromatic N) is 3. The Kier molecular flexibility index (Phi) is 5.59. The topological polar surface area (TPSA) is 64.2 Å². The van der Waals surface area contributed by atoms with Crippen LogP contribution in [-0.4, -0.2) is 28.7 Å². The maximum Gasteiger partial charge on any atom is 0.293 e. The van der Waals surface area contributed by atoms with E-state index in [-0.39, 0.29) is 5.56 Å². The van der Waals surface area contributed by atoms with Crippen molar-refractivity contribution in [3.63, 3.8) is 0 Å². The Labute approximate surface area is 120 Å². The van der Waals surface area contributed by atoms with Crippen LogP contribution in [0.3, 0.4) is 0 Å². The lowest BCUT2D eigenvalue weighted by Gasteiger charge is -2.35. The number of anilines is 1. The molecule has 0 amide bonds. The number of aryl methyl sites for hydroxylation is 1. The first-order valence-corrected chi connectivity index (χ1v) is 7.80. The summed E-state index contributed by atoms with van der Waals surface area (Å²) in [6.07, 6.45) is 10.5. The van der Waals surface area contributed by atoms with Crippen LogP contribution in [0.15, 0.2) is 17.2 Å². The third-order valence-electron chi connectivity index (χ3n) is 4.13. The molecule has 1 heterocycles. The Morgan fingerprint density at radius 3 is 2.80 bits per heavy atom. The van der Waals surface area contributed by atoms with Gasteiger partial charge in [0.25, 0.3) is 5.56 Å². The molecule has 0 saturated heterocycles. The van der Waals surface area contributed by atoms with E-state index in [1.165, 1.54) is 19.3 Å². The van der Waals surface area contributed by atoms with E-state index in [4.69, 9.17) is 5.73 Å². The number of hydrogen-bond acceptors (Lipinski definition) is 4. The molecular formula is C15H26N4O. The molecule has 1 fully saturated rings. The Morgan fingerprint density at radius 1 is 1.40 bits per heavy atom. The highest BCUT2D eigenvalue weighted by atomic mass is 16.1. The summed E-state index contributed by atoms with van der Waals surface area (Å²) in [5.74, 6) is 0.606. The first-order valence-electron chi connectivity index (χ1n) is 7.80. The first kappa shape index (κ1) is 15.0. The van der Waals surface area contributed by atoms with Crippen molar-refractivity contribution in [1.29, 1.82) is 0 Å². The minimum absolute atomic E-state index is 0.0256. The first-order chi connectivity index (χ1) is 9.77. The normalized spacial score (nSPS) is 16.3. The van der Waals surface area contributed by atoms with Crippen LogP contribution in [-0.2, 0) is 6.54 Å². The van der Waals surface area contributed by atoms with Gasteiger partial charge >= 0.3 is 0 Å². The van der Waals surface area contributed by atoms with Crippen LogP contribution in [0.2, 0.25) is 0 Å². The van der Waals surface area contributed by atoms with Crippen LogP contribution in [0.4, 0.5) is 5.82 Å². The molecule has 0 radical (unpaired) electrons. The molecule has 1 aliphatic carbocycles. The van der Waals surface area contributed by atoms with E-state index < -0.39 is 0 Å². The summed E-state index contributed by atoms with van der Waals surface area (Å²) in [6.45, 7) is 4.15. The fourth-order valence-corrected chi connectivity index (χ4v) is 3.00. The van der Waals surface area contributed by atoms with E-state index in [0.717, 1.165) is 25.8 Å². The van der Waals surface area contributed by atoms with Gasteiger partial charge in [-0.05, 0) is 32.7 Å². The second kappa shape index (κ2) is 7.43. The summed E-state index contributed by atoms with van der Waals surface area (Å²) in [5.41, 5.74) is 5.67. The summed E-state index contributed by atoms with van der Waals surface area (Å²) >= 11 is 0. The molecule has 1 aromatic rings. The Morgan fingerprint density at radius 2 is 2.15 bits per heavy atom.